The maximum Gasteiger partial charge on any atom is 0.276 e. The molecule has 2 fully saturated rings. The highest BCUT2D eigenvalue weighted by molar-refractivity contribution is 6.07. The third-order valence-corrected chi connectivity index (χ3v) is 4.77. The third-order valence-electron chi connectivity index (χ3n) is 4.77. The number of ether oxygens (including phenoxy) is 1. The summed E-state index contributed by atoms with van der Waals surface area (Å²) in [6, 6.07) is 5.60. The van der Waals surface area contributed by atoms with Gasteiger partial charge >= 0.3 is 0 Å². The number of hydrazine groups is 1. The van der Waals surface area contributed by atoms with Crippen LogP contribution in [0.4, 0.5) is 4.39 Å². The Morgan fingerprint density at radius 1 is 1.04 bits per heavy atom. The second kappa shape index (κ2) is 8.15. The van der Waals surface area contributed by atoms with Gasteiger partial charge in [0.2, 0.25) is 11.8 Å². The van der Waals surface area contributed by atoms with Gasteiger partial charge < -0.3 is 4.74 Å². The number of nitrogens with one attached hydrogen (secondary N) is 2. The quantitative estimate of drug-likeness (QED) is 0.575. The molecule has 0 bridgehead atoms. The van der Waals surface area contributed by atoms with Crippen molar-refractivity contribution in [2.24, 2.45) is 11.8 Å². The molecule has 2 aliphatic rings. The molecular formula is C18H20FN3O5. The Labute approximate surface area is 155 Å². The van der Waals surface area contributed by atoms with Crippen LogP contribution in [0.15, 0.2) is 24.3 Å². The lowest BCUT2D eigenvalue weighted by atomic mass is 9.81. The minimum Gasteiger partial charge on any atom is -0.481 e. The van der Waals surface area contributed by atoms with Crippen LogP contribution >= 0.6 is 0 Å². The number of likely N-dealkylation sites (tertiary alicyclic amines) is 1. The fourth-order valence-corrected chi connectivity index (χ4v) is 3.45. The SMILES string of the molecule is O=C(COc1ccccc1F)NNC(=O)CN1C(=O)C2CCCCC2C1=O. The number of amides is 4. The Hall–Kier alpha value is -2.97. The lowest BCUT2D eigenvalue weighted by Gasteiger charge is -2.19. The van der Waals surface area contributed by atoms with E-state index in [1.165, 1.54) is 18.2 Å². The van der Waals surface area contributed by atoms with Crippen LogP contribution in [-0.4, -0.2) is 41.7 Å². The molecule has 1 heterocycles. The van der Waals surface area contributed by atoms with Crippen LogP contribution in [0.25, 0.3) is 0 Å². The molecule has 0 spiro atoms. The number of rotatable bonds is 5. The molecule has 9 heteroatoms. The van der Waals surface area contributed by atoms with E-state index in [2.05, 4.69) is 10.9 Å². The summed E-state index contributed by atoms with van der Waals surface area (Å²) >= 11 is 0. The first-order chi connectivity index (χ1) is 13.0. The van der Waals surface area contributed by atoms with Crippen LogP contribution in [0.5, 0.6) is 5.75 Å². The molecule has 1 aliphatic heterocycles. The van der Waals surface area contributed by atoms with E-state index in [1.54, 1.807) is 6.07 Å². The zero-order valence-electron chi connectivity index (χ0n) is 14.6. The first-order valence-corrected chi connectivity index (χ1v) is 8.77. The van der Waals surface area contributed by atoms with E-state index < -0.39 is 30.8 Å². The predicted molar refractivity (Wildman–Crippen MR) is 90.3 cm³/mol. The minimum atomic E-state index is -0.709. The number of benzene rings is 1. The monoisotopic (exact) mass is 377 g/mol. The fraction of sp³-hybridized carbons (Fsp3) is 0.444. The van der Waals surface area contributed by atoms with Crippen molar-refractivity contribution in [2.45, 2.75) is 25.7 Å². The molecule has 3 rings (SSSR count). The Morgan fingerprint density at radius 3 is 2.26 bits per heavy atom. The average molecular weight is 377 g/mol. The van der Waals surface area contributed by atoms with Gasteiger partial charge in [0.25, 0.3) is 11.8 Å². The molecule has 8 nitrogen and oxygen atoms in total. The van der Waals surface area contributed by atoms with Crippen molar-refractivity contribution in [3.63, 3.8) is 0 Å². The number of nitrogens with zero attached hydrogens (tertiary/aromatic N) is 1. The van der Waals surface area contributed by atoms with Crippen molar-refractivity contribution in [3.05, 3.63) is 30.1 Å². The van der Waals surface area contributed by atoms with Gasteiger partial charge in [0.15, 0.2) is 18.2 Å². The van der Waals surface area contributed by atoms with Gasteiger partial charge in [-0.3, -0.25) is 34.9 Å². The summed E-state index contributed by atoms with van der Waals surface area (Å²) in [5.41, 5.74) is 4.23. The Bertz CT molecular complexity index is 745. The Morgan fingerprint density at radius 2 is 1.63 bits per heavy atom. The van der Waals surface area contributed by atoms with E-state index in [0.29, 0.717) is 12.8 Å². The standard InChI is InChI=1S/C18H20FN3O5/c19-13-7-3-4-8-14(13)27-10-16(24)21-20-15(23)9-22-17(25)11-5-1-2-6-12(11)18(22)26/h3-4,7-8,11-12H,1-2,5-6,9-10H2,(H,20,23)(H,21,24). The Kier molecular flexibility index (Phi) is 5.68. The minimum absolute atomic E-state index is 0.0881. The maximum atomic E-state index is 13.4. The van der Waals surface area contributed by atoms with Gasteiger partial charge in [0, 0.05) is 0 Å². The highest BCUT2D eigenvalue weighted by Crippen LogP contribution is 2.37. The average Bonchev–Trinajstić information content (AvgIpc) is 2.91. The van der Waals surface area contributed by atoms with E-state index >= 15 is 0 Å². The number of hydrogen-bond acceptors (Lipinski definition) is 5. The number of fused-ring (bicyclic) bond motifs is 1. The topological polar surface area (TPSA) is 105 Å². The number of para-hydroxylation sites is 1. The van der Waals surface area contributed by atoms with E-state index in [0.717, 1.165) is 17.7 Å². The van der Waals surface area contributed by atoms with Gasteiger partial charge in [-0.05, 0) is 25.0 Å². The molecular weight excluding hydrogens is 357 g/mol. The Balaban J connectivity index is 1.44. The van der Waals surface area contributed by atoms with Crippen molar-refractivity contribution in [1.29, 1.82) is 0 Å². The van der Waals surface area contributed by atoms with Crippen LogP contribution in [0.2, 0.25) is 0 Å². The van der Waals surface area contributed by atoms with Crippen molar-refractivity contribution >= 4 is 23.6 Å². The molecule has 2 N–H and O–H groups in total. The highest BCUT2D eigenvalue weighted by atomic mass is 19.1. The van der Waals surface area contributed by atoms with Crippen LogP contribution < -0.4 is 15.6 Å². The molecule has 2 unspecified atom stereocenters. The van der Waals surface area contributed by atoms with E-state index in [1.807, 2.05) is 0 Å². The third kappa shape index (κ3) is 4.24. The summed E-state index contributed by atoms with van der Waals surface area (Å²) in [5.74, 6) is -3.42. The lowest BCUT2D eigenvalue weighted by molar-refractivity contribution is -0.144. The zero-order valence-corrected chi connectivity index (χ0v) is 14.6. The normalized spacial score (nSPS) is 21.6. The van der Waals surface area contributed by atoms with Gasteiger partial charge in [-0.15, -0.1) is 0 Å². The molecule has 0 aromatic heterocycles. The molecule has 0 radical (unpaired) electrons. The second-order valence-corrected chi connectivity index (χ2v) is 6.58. The molecule has 1 saturated heterocycles. The number of halogens is 1. The molecule has 1 saturated carbocycles. The van der Waals surface area contributed by atoms with Crippen LogP contribution in [0, 0.1) is 17.7 Å². The van der Waals surface area contributed by atoms with Crippen LogP contribution in [-0.2, 0) is 19.2 Å². The highest BCUT2D eigenvalue weighted by Gasteiger charge is 2.48. The molecule has 1 aromatic rings. The summed E-state index contributed by atoms with van der Waals surface area (Å²) in [5, 5.41) is 0. The van der Waals surface area contributed by atoms with Gasteiger partial charge in [0.05, 0.1) is 11.8 Å². The van der Waals surface area contributed by atoms with E-state index in [9.17, 15) is 23.6 Å². The first-order valence-electron chi connectivity index (χ1n) is 8.77. The van der Waals surface area contributed by atoms with Crippen LogP contribution in [0.1, 0.15) is 25.7 Å². The number of carbonyl (C=O) groups excluding carboxylic acids is 4. The summed E-state index contributed by atoms with van der Waals surface area (Å²) in [6.07, 6.45) is 3.13. The first kappa shape index (κ1) is 18.8. The van der Waals surface area contributed by atoms with Crippen molar-refractivity contribution in [3.8, 4) is 5.75 Å². The molecule has 144 valence electrons. The van der Waals surface area contributed by atoms with E-state index in [4.69, 9.17) is 4.74 Å². The number of carbonyl (C=O) groups is 4. The molecule has 27 heavy (non-hydrogen) atoms. The van der Waals surface area contributed by atoms with Crippen LogP contribution in [0.3, 0.4) is 0 Å². The molecule has 1 aromatic carbocycles. The summed E-state index contributed by atoms with van der Waals surface area (Å²) in [4.78, 5) is 49.2. The number of imide groups is 1. The largest absolute Gasteiger partial charge is 0.481 e. The van der Waals surface area contributed by atoms with E-state index in [-0.39, 0.29) is 29.4 Å². The van der Waals surface area contributed by atoms with Crippen molar-refractivity contribution in [1.82, 2.24) is 15.8 Å². The predicted octanol–water partition coefficient (Wildman–Crippen LogP) is 0.527. The maximum absolute atomic E-state index is 13.4. The lowest BCUT2D eigenvalue weighted by Crippen LogP contribution is -2.49. The number of hydrogen-bond donors (Lipinski definition) is 2. The fourth-order valence-electron chi connectivity index (χ4n) is 3.45. The molecule has 1 aliphatic carbocycles. The van der Waals surface area contributed by atoms with Gasteiger partial charge in [-0.2, -0.15) is 0 Å². The van der Waals surface area contributed by atoms with Gasteiger partial charge in [-0.1, -0.05) is 25.0 Å². The van der Waals surface area contributed by atoms with Crippen molar-refractivity contribution in [2.75, 3.05) is 13.2 Å². The summed E-state index contributed by atoms with van der Waals surface area (Å²) in [6.45, 7) is -0.952. The molecule has 4 amide bonds. The van der Waals surface area contributed by atoms with Gasteiger partial charge in [-0.25, -0.2) is 4.39 Å². The smallest absolute Gasteiger partial charge is 0.276 e. The van der Waals surface area contributed by atoms with Crippen molar-refractivity contribution < 1.29 is 28.3 Å². The second-order valence-electron chi connectivity index (χ2n) is 6.58. The molecule has 2 atom stereocenters. The summed E-state index contributed by atoms with van der Waals surface area (Å²) in [7, 11) is 0. The zero-order chi connectivity index (χ0) is 19.4. The van der Waals surface area contributed by atoms with Gasteiger partial charge in [0.1, 0.15) is 6.54 Å². The summed E-state index contributed by atoms with van der Waals surface area (Å²) < 4.78 is 18.4.